The fourth-order valence-electron chi connectivity index (χ4n) is 7.14. The van der Waals surface area contributed by atoms with E-state index in [1.807, 2.05) is 25.1 Å². The smallest absolute Gasteiger partial charge is 0.175 e. The van der Waals surface area contributed by atoms with Gasteiger partial charge < -0.3 is 9.84 Å². The molecule has 0 bridgehead atoms. The lowest BCUT2D eigenvalue weighted by atomic mass is 9.61. The van der Waals surface area contributed by atoms with E-state index >= 15 is 0 Å². The Morgan fingerprint density at radius 3 is 2.50 bits per heavy atom. The minimum atomic E-state index is -3.30. The molecule has 1 aromatic carbocycles. The second-order valence-corrected chi connectivity index (χ2v) is 13.0. The Balaban J connectivity index is 1.67. The molecular weight excluding hydrogens is 448 g/mol. The van der Waals surface area contributed by atoms with E-state index in [1.54, 1.807) is 12.1 Å². The molecule has 1 saturated heterocycles. The molecule has 34 heavy (non-hydrogen) atoms. The van der Waals surface area contributed by atoms with Crippen LogP contribution in [0, 0.1) is 17.3 Å². The van der Waals surface area contributed by atoms with Crippen LogP contribution in [0.1, 0.15) is 64.0 Å². The van der Waals surface area contributed by atoms with Gasteiger partial charge in [0, 0.05) is 18.1 Å². The van der Waals surface area contributed by atoms with Crippen molar-refractivity contribution in [3.8, 4) is 0 Å². The first-order valence-electron chi connectivity index (χ1n) is 12.2. The number of ketones is 1. The van der Waals surface area contributed by atoms with Gasteiger partial charge in [-0.2, -0.15) is 0 Å². The number of hydrogen-bond acceptors (Lipinski definition) is 5. The largest absolute Gasteiger partial charge is 0.385 e. The molecule has 5 nitrogen and oxygen atoms in total. The molecular formula is C28H34O5S. The first-order valence-corrected chi connectivity index (χ1v) is 14.1. The summed E-state index contributed by atoms with van der Waals surface area (Å²) in [7, 11) is -3.30. The van der Waals surface area contributed by atoms with Gasteiger partial charge in [0.2, 0.25) is 0 Å². The zero-order valence-corrected chi connectivity index (χ0v) is 21.1. The van der Waals surface area contributed by atoms with E-state index in [1.165, 1.54) is 17.4 Å². The Labute approximate surface area is 202 Å². The molecule has 6 heteroatoms. The normalized spacial score (nSPS) is 35.7. The predicted molar refractivity (Wildman–Crippen MR) is 131 cm³/mol. The lowest BCUT2D eigenvalue weighted by Gasteiger charge is -2.45. The van der Waals surface area contributed by atoms with E-state index in [0.29, 0.717) is 25.9 Å². The predicted octanol–water partition coefficient (Wildman–Crippen LogP) is 4.88. The van der Waals surface area contributed by atoms with Crippen LogP contribution in [0.25, 0.3) is 0 Å². The fourth-order valence-corrected chi connectivity index (χ4v) is 7.77. The van der Waals surface area contributed by atoms with Crippen LogP contribution in [-0.2, 0) is 19.4 Å². The summed E-state index contributed by atoms with van der Waals surface area (Å²) in [6.45, 7) is 8.59. The van der Waals surface area contributed by atoms with Crippen LogP contribution in [0.2, 0.25) is 0 Å². The van der Waals surface area contributed by atoms with Gasteiger partial charge in [-0.15, -0.1) is 0 Å². The SMILES string of the molecule is C=C(C)[C@]1(O)CCC2C3CCC4=CC(=O)CCC4=C3[C@H](c3ccc(S(C)(=O)=O)cc3)OC[C@@]21C. The van der Waals surface area contributed by atoms with Gasteiger partial charge in [-0.3, -0.25) is 4.79 Å². The van der Waals surface area contributed by atoms with Crippen molar-refractivity contribution in [1.29, 1.82) is 0 Å². The van der Waals surface area contributed by atoms with E-state index in [2.05, 4.69) is 13.5 Å². The van der Waals surface area contributed by atoms with Crippen LogP contribution in [0.15, 0.2) is 64.1 Å². The fraction of sp³-hybridized carbons (Fsp3) is 0.536. The van der Waals surface area contributed by atoms with Crippen molar-refractivity contribution in [3.05, 3.63) is 64.8 Å². The Hall–Kier alpha value is -2.02. The van der Waals surface area contributed by atoms with E-state index < -0.39 is 20.9 Å². The van der Waals surface area contributed by atoms with Crippen LogP contribution >= 0.6 is 0 Å². The van der Waals surface area contributed by atoms with Crippen LogP contribution in [0.4, 0.5) is 0 Å². The summed E-state index contributed by atoms with van der Waals surface area (Å²) in [5.74, 6) is 0.667. The number of allylic oxidation sites excluding steroid dienone is 3. The maximum atomic E-state index is 12.2. The van der Waals surface area contributed by atoms with Gasteiger partial charge in [0.15, 0.2) is 15.6 Å². The summed E-state index contributed by atoms with van der Waals surface area (Å²) in [6.07, 6.45) is 7.29. The number of fused-ring (bicyclic) bond motifs is 4. The van der Waals surface area contributed by atoms with Crippen LogP contribution < -0.4 is 0 Å². The zero-order valence-electron chi connectivity index (χ0n) is 20.3. The first kappa shape index (κ1) is 23.7. The number of benzene rings is 1. The Morgan fingerprint density at radius 2 is 1.85 bits per heavy atom. The van der Waals surface area contributed by atoms with E-state index in [-0.39, 0.29) is 28.6 Å². The quantitative estimate of drug-likeness (QED) is 0.621. The van der Waals surface area contributed by atoms with Gasteiger partial charge in [0.05, 0.1) is 17.1 Å². The molecule has 4 aliphatic rings. The minimum Gasteiger partial charge on any atom is -0.385 e. The molecule has 2 unspecified atom stereocenters. The molecule has 1 heterocycles. The van der Waals surface area contributed by atoms with Crippen LogP contribution in [-0.4, -0.2) is 37.8 Å². The lowest BCUT2D eigenvalue weighted by Crippen LogP contribution is -2.49. The summed E-state index contributed by atoms with van der Waals surface area (Å²) in [5.41, 5.74) is 3.84. The Bertz CT molecular complexity index is 1220. The molecule has 1 aliphatic heterocycles. The second kappa shape index (κ2) is 8.00. The molecule has 3 aliphatic carbocycles. The lowest BCUT2D eigenvalue weighted by molar-refractivity contribution is -0.114. The molecule has 5 atom stereocenters. The van der Waals surface area contributed by atoms with E-state index in [4.69, 9.17) is 4.74 Å². The van der Waals surface area contributed by atoms with Crippen molar-refractivity contribution >= 4 is 15.6 Å². The maximum absolute atomic E-state index is 12.2. The zero-order chi connectivity index (χ0) is 24.5. The highest BCUT2D eigenvalue weighted by molar-refractivity contribution is 7.90. The van der Waals surface area contributed by atoms with Gasteiger partial charge in [-0.25, -0.2) is 8.42 Å². The highest BCUT2D eigenvalue weighted by Crippen LogP contribution is 2.63. The van der Waals surface area contributed by atoms with Gasteiger partial charge >= 0.3 is 0 Å². The molecule has 2 fully saturated rings. The highest BCUT2D eigenvalue weighted by atomic mass is 32.2. The number of carbonyl (C=O) groups is 1. The number of rotatable bonds is 3. The van der Waals surface area contributed by atoms with Crippen molar-refractivity contribution in [1.82, 2.24) is 0 Å². The molecule has 0 spiro atoms. The molecule has 0 aromatic heterocycles. The van der Waals surface area contributed by atoms with E-state index in [9.17, 15) is 18.3 Å². The molecule has 5 rings (SSSR count). The molecule has 1 aromatic rings. The third kappa shape index (κ3) is 3.49. The maximum Gasteiger partial charge on any atom is 0.175 e. The van der Waals surface area contributed by atoms with Crippen LogP contribution in [0.5, 0.6) is 0 Å². The molecule has 182 valence electrons. The summed E-state index contributed by atoms with van der Waals surface area (Å²) in [6, 6.07) is 7.00. The number of sulfone groups is 1. The topological polar surface area (TPSA) is 80.7 Å². The molecule has 1 N–H and O–H groups in total. The van der Waals surface area contributed by atoms with Gasteiger partial charge in [0.1, 0.15) is 6.10 Å². The van der Waals surface area contributed by atoms with Crippen molar-refractivity contribution in [2.45, 2.75) is 69.0 Å². The summed E-state index contributed by atoms with van der Waals surface area (Å²) < 4.78 is 30.7. The van der Waals surface area contributed by atoms with Crippen molar-refractivity contribution < 1.29 is 23.1 Å². The minimum absolute atomic E-state index is 0.184. The summed E-state index contributed by atoms with van der Waals surface area (Å²) in [5, 5.41) is 11.8. The number of aliphatic hydroxyl groups is 1. The third-order valence-electron chi connectivity index (χ3n) is 9.03. The van der Waals surface area contributed by atoms with Crippen LogP contribution in [0.3, 0.4) is 0 Å². The summed E-state index contributed by atoms with van der Waals surface area (Å²) in [4.78, 5) is 12.5. The average Bonchev–Trinajstić information content (AvgIpc) is 2.97. The molecule has 1 saturated carbocycles. The van der Waals surface area contributed by atoms with Gasteiger partial charge in [-0.1, -0.05) is 25.6 Å². The highest BCUT2D eigenvalue weighted by Gasteiger charge is 2.61. The van der Waals surface area contributed by atoms with E-state index in [0.717, 1.165) is 36.0 Å². The first-order chi connectivity index (χ1) is 16.0. The van der Waals surface area contributed by atoms with Gasteiger partial charge in [0.25, 0.3) is 0 Å². The molecule has 0 amide bonds. The van der Waals surface area contributed by atoms with Crippen molar-refractivity contribution in [2.75, 3.05) is 12.9 Å². The van der Waals surface area contributed by atoms with Crippen molar-refractivity contribution in [2.24, 2.45) is 17.3 Å². The summed E-state index contributed by atoms with van der Waals surface area (Å²) >= 11 is 0. The second-order valence-electron chi connectivity index (χ2n) is 11.0. The average molecular weight is 483 g/mol. The number of carbonyl (C=O) groups excluding carboxylic acids is 1. The standard InChI is InChI=1S/C28H34O5S/c1-17(2)28(30)14-13-24-23-11-7-19-15-20(29)8-12-22(19)25(23)26(33-16-27(24,28)3)18-5-9-21(10-6-18)34(4,31)32/h5-6,9-10,15,23-24,26,30H,1,7-8,11-14,16H2,2-4H3/t23?,24?,26-,27-,28+/m0/s1. The monoisotopic (exact) mass is 482 g/mol. The third-order valence-corrected chi connectivity index (χ3v) is 10.2. The van der Waals surface area contributed by atoms with Gasteiger partial charge in [-0.05, 0) is 96.9 Å². The molecule has 0 radical (unpaired) electrons. The Morgan fingerprint density at radius 1 is 1.15 bits per heavy atom. The Kier molecular flexibility index (Phi) is 5.58. The number of ether oxygens (including phenoxy) is 1. The van der Waals surface area contributed by atoms with Crippen molar-refractivity contribution in [3.63, 3.8) is 0 Å². The number of hydrogen-bond donors (Lipinski definition) is 1.